The summed E-state index contributed by atoms with van der Waals surface area (Å²) >= 11 is 0. The zero-order valence-corrected chi connectivity index (χ0v) is 33.8. The van der Waals surface area contributed by atoms with Crippen LogP contribution in [-0.4, -0.2) is 0 Å². The van der Waals surface area contributed by atoms with Crippen molar-refractivity contribution < 1.29 is 0 Å². The van der Waals surface area contributed by atoms with Crippen molar-refractivity contribution in [2.75, 3.05) is 4.90 Å². The van der Waals surface area contributed by atoms with Crippen molar-refractivity contribution in [1.29, 1.82) is 0 Å². The molecule has 0 spiro atoms. The van der Waals surface area contributed by atoms with Crippen LogP contribution in [0.1, 0.15) is 0 Å². The molecule has 0 amide bonds. The highest BCUT2D eigenvalue weighted by molar-refractivity contribution is 5.89. The maximum Gasteiger partial charge on any atom is 0.0462 e. The van der Waals surface area contributed by atoms with E-state index in [0.29, 0.717) is 0 Å². The highest BCUT2D eigenvalue weighted by Crippen LogP contribution is 2.40. The first-order chi connectivity index (χ1) is 30.2. The van der Waals surface area contributed by atoms with E-state index in [0.717, 1.165) is 17.1 Å². The highest BCUT2D eigenvalue weighted by Gasteiger charge is 2.16. The lowest BCUT2D eigenvalue weighted by atomic mass is 9.91. The summed E-state index contributed by atoms with van der Waals surface area (Å²) in [6.45, 7) is 0. The monoisotopic (exact) mass is 777 g/mol. The molecule has 0 heterocycles. The van der Waals surface area contributed by atoms with Crippen molar-refractivity contribution in [3.63, 3.8) is 0 Å². The predicted octanol–water partition coefficient (Wildman–Crippen LogP) is 16.8. The van der Waals surface area contributed by atoms with Gasteiger partial charge in [-0.3, -0.25) is 0 Å². The number of hydrogen-bond donors (Lipinski definition) is 0. The minimum atomic E-state index is 1.09. The molecule has 0 saturated heterocycles. The van der Waals surface area contributed by atoms with E-state index in [9.17, 15) is 0 Å². The largest absolute Gasteiger partial charge is 0.311 e. The molecule has 61 heavy (non-hydrogen) atoms. The molecule has 0 N–H and O–H groups in total. The molecule has 10 rings (SSSR count). The molecule has 10 aromatic rings. The van der Waals surface area contributed by atoms with Gasteiger partial charge in [0.1, 0.15) is 0 Å². The molecule has 0 aromatic heterocycles. The highest BCUT2D eigenvalue weighted by atomic mass is 15.1. The van der Waals surface area contributed by atoms with Gasteiger partial charge in [-0.05, 0) is 120 Å². The summed E-state index contributed by atoms with van der Waals surface area (Å²) in [5.41, 5.74) is 20.1. The fraction of sp³-hybridized carbons (Fsp3) is 0. The fourth-order valence-corrected chi connectivity index (χ4v) is 8.28. The Morgan fingerprint density at radius 3 is 0.738 bits per heavy atom. The Balaban J connectivity index is 0.995. The number of benzene rings is 10. The minimum Gasteiger partial charge on any atom is -0.311 e. The molecule has 0 bridgehead atoms. The molecular formula is C60H43N. The van der Waals surface area contributed by atoms with Gasteiger partial charge in [0.05, 0.1) is 0 Å². The van der Waals surface area contributed by atoms with Gasteiger partial charge in [0.15, 0.2) is 0 Å². The fourth-order valence-electron chi connectivity index (χ4n) is 8.28. The third-order valence-electron chi connectivity index (χ3n) is 11.5. The van der Waals surface area contributed by atoms with Gasteiger partial charge in [-0.2, -0.15) is 0 Å². The van der Waals surface area contributed by atoms with Crippen LogP contribution in [0, 0.1) is 0 Å². The molecule has 0 unspecified atom stereocenters. The first kappa shape index (κ1) is 37.3. The molecule has 0 atom stereocenters. The minimum absolute atomic E-state index is 1.09. The summed E-state index contributed by atoms with van der Waals surface area (Å²) in [7, 11) is 0. The second-order valence-corrected chi connectivity index (χ2v) is 15.4. The Morgan fingerprint density at radius 1 is 0.164 bits per heavy atom. The Kier molecular flexibility index (Phi) is 10.4. The lowest BCUT2D eigenvalue weighted by molar-refractivity contribution is 1.28. The van der Waals surface area contributed by atoms with E-state index < -0.39 is 0 Å². The molecule has 0 aliphatic rings. The zero-order valence-electron chi connectivity index (χ0n) is 33.8. The first-order valence-electron chi connectivity index (χ1n) is 20.9. The molecule has 0 aliphatic carbocycles. The van der Waals surface area contributed by atoms with Crippen LogP contribution in [0.25, 0.3) is 77.9 Å². The average molecular weight is 778 g/mol. The third kappa shape index (κ3) is 8.06. The summed E-state index contributed by atoms with van der Waals surface area (Å²) in [6.07, 6.45) is 0. The van der Waals surface area contributed by atoms with Crippen molar-refractivity contribution in [3.05, 3.63) is 261 Å². The van der Waals surface area contributed by atoms with Crippen molar-refractivity contribution in [3.8, 4) is 77.9 Å². The Morgan fingerprint density at radius 2 is 0.393 bits per heavy atom. The second-order valence-electron chi connectivity index (χ2n) is 15.4. The Hall–Kier alpha value is -8.00. The van der Waals surface area contributed by atoms with E-state index in [1.165, 1.54) is 77.9 Å². The number of hydrogen-bond acceptors (Lipinski definition) is 1. The van der Waals surface area contributed by atoms with Crippen LogP contribution >= 0.6 is 0 Å². The molecule has 0 radical (unpaired) electrons. The van der Waals surface area contributed by atoms with Crippen molar-refractivity contribution in [2.24, 2.45) is 0 Å². The third-order valence-corrected chi connectivity index (χ3v) is 11.5. The van der Waals surface area contributed by atoms with Gasteiger partial charge >= 0.3 is 0 Å². The van der Waals surface area contributed by atoms with Gasteiger partial charge in [0.2, 0.25) is 0 Å². The van der Waals surface area contributed by atoms with Crippen molar-refractivity contribution in [2.45, 2.75) is 0 Å². The maximum atomic E-state index is 2.35. The van der Waals surface area contributed by atoms with Crippen molar-refractivity contribution in [1.82, 2.24) is 0 Å². The van der Waals surface area contributed by atoms with Crippen LogP contribution in [0.15, 0.2) is 261 Å². The summed E-state index contributed by atoms with van der Waals surface area (Å²) in [5.74, 6) is 0. The van der Waals surface area contributed by atoms with E-state index >= 15 is 0 Å². The quantitative estimate of drug-likeness (QED) is 0.134. The Labute approximate surface area is 359 Å². The second kappa shape index (κ2) is 17.1. The first-order valence-corrected chi connectivity index (χ1v) is 20.9. The van der Waals surface area contributed by atoms with Crippen LogP contribution in [0.3, 0.4) is 0 Å². The lowest BCUT2D eigenvalue weighted by Gasteiger charge is -2.26. The molecule has 1 nitrogen and oxygen atoms in total. The van der Waals surface area contributed by atoms with Crippen LogP contribution in [0.4, 0.5) is 17.1 Å². The predicted molar refractivity (Wildman–Crippen MR) is 259 cm³/mol. The molecule has 1 heteroatoms. The average Bonchev–Trinajstić information content (AvgIpc) is 3.36. The normalized spacial score (nSPS) is 11.0. The van der Waals surface area contributed by atoms with Crippen LogP contribution in [0.5, 0.6) is 0 Å². The van der Waals surface area contributed by atoms with Crippen LogP contribution in [-0.2, 0) is 0 Å². The molecule has 10 aromatic carbocycles. The number of rotatable bonds is 10. The van der Waals surface area contributed by atoms with Crippen molar-refractivity contribution >= 4 is 17.1 Å². The molecule has 288 valence electrons. The molecule has 0 aliphatic heterocycles. The van der Waals surface area contributed by atoms with E-state index in [1.54, 1.807) is 0 Å². The molecule has 0 fully saturated rings. The van der Waals surface area contributed by atoms with E-state index in [-0.39, 0.29) is 0 Å². The van der Waals surface area contributed by atoms with Gasteiger partial charge in [-0.15, -0.1) is 0 Å². The lowest BCUT2D eigenvalue weighted by Crippen LogP contribution is -2.09. The van der Waals surface area contributed by atoms with Gasteiger partial charge in [0, 0.05) is 17.1 Å². The maximum absolute atomic E-state index is 2.35. The number of anilines is 3. The number of nitrogens with zero attached hydrogens (tertiary/aromatic N) is 1. The molecular weight excluding hydrogens is 735 g/mol. The van der Waals surface area contributed by atoms with E-state index in [1.807, 2.05) is 0 Å². The standard InChI is InChI=1S/C60H43N/c1-5-13-44(14-6-1)47-21-25-49(26-22-47)51-29-36-56(37-30-51)61(57-38-31-52(32-39-57)50-27-23-48(24-28-50)45-15-7-2-8-16-45)58-40-33-54(34-41-58)59-42-35-55(46-17-9-3-10-18-46)43-60(59)53-19-11-4-12-20-53/h1-43H. The van der Waals surface area contributed by atoms with E-state index in [4.69, 9.17) is 0 Å². The summed E-state index contributed by atoms with van der Waals surface area (Å²) in [6, 6.07) is 93.9. The van der Waals surface area contributed by atoms with E-state index in [2.05, 4.69) is 266 Å². The van der Waals surface area contributed by atoms with Crippen LogP contribution in [0.2, 0.25) is 0 Å². The van der Waals surface area contributed by atoms with Gasteiger partial charge in [0.25, 0.3) is 0 Å². The summed E-state index contributed by atoms with van der Waals surface area (Å²) < 4.78 is 0. The van der Waals surface area contributed by atoms with Gasteiger partial charge in [-0.25, -0.2) is 0 Å². The van der Waals surface area contributed by atoms with Gasteiger partial charge < -0.3 is 4.90 Å². The van der Waals surface area contributed by atoms with Gasteiger partial charge in [-0.1, -0.05) is 218 Å². The summed E-state index contributed by atoms with van der Waals surface area (Å²) in [5, 5.41) is 0. The Bertz CT molecular complexity index is 2850. The zero-order chi connectivity index (χ0) is 40.8. The SMILES string of the molecule is c1ccc(-c2ccc(-c3ccc(N(c4ccc(-c5ccc(-c6ccccc6)cc5)cc4)c4ccc(-c5ccc(-c6ccccc6)cc5-c5ccccc5)cc4)cc3)cc2)cc1. The topological polar surface area (TPSA) is 3.24 Å². The smallest absolute Gasteiger partial charge is 0.0462 e. The van der Waals surface area contributed by atoms with Crippen LogP contribution < -0.4 is 4.90 Å². The summed E-state index contributed by atoms with van der Waals surface area (Å²) in [4.78, 5) is 2.35. The molecule has 0 saturated carbocycles.